The van der Waals surface area contributed by atoms with Crippen LogP contribution in [0.1, 0.15) is 131 Å². The van der Waals surface area contributed by atoms with Crippen molar-refractivity contribution in [2.75, 3.05) is 14.2 Å². The van der Waals surface area contributed by atoms with Gasteiger partial charge in [0.25, 0.3) is 5.91 Å². The van der Waals surface area contributed by atoms with Gasteiger partial charge >= 0.3 is 6.09 Å². The summed E-state index contributed by atoms with van der Waals surface area (Å²) in [6.45, 7) is 53.7. The number of carbonyl (C=O) groups excluding carboxylic acids is 2. The minimum atomic E-state index is -2.37. The number of amides is 2. The number of rotatable bonds is 27. The molecule has 0 bridgehead atoms. The number of hydrogen-bond acceptors (Lipinski definition) is 9. The quantitative estimate of drug-likeness (QED) is 0.0316. The van der Waals surface area contributed by atoms with Crippen LogP contribution in [0.25, 0.3) is 0 Å². The van der Waals surface area contributed by atoms with Crippen LogP contribution in [0.15, 0.2) is 48.6 Å². The summed E-state index contributed by atoms with van der Waals surface area (Å²) in [7, 11) is -3.89. The maximum atomic E-state index is 13.4. The Kier molecular flexibility index (Phi) is 25.8. The number of nitrogens with two attached hydrogens (primary N) is 1. The monoisotopic (exact) mass is 997 g/mol. The molecule has 0 aromatic heterocycles. The van der Waals surface area contributed by atoms with Gasteiger partial charge in [0.1, 0.15) is 6.10 Å². The second-order valence-corrected chi connectivity index (χ2v) is 38.9. The third kappa shape index (κ3) is 20.0. The zero-order chi connectivity index (χ0) is 53.0. The molecule has 2 amide bonds. The van der Waals surface area contributed by atoms with Crippen molar-refractivity contribution in [1.29, 1.82) is 0 Å². The molecule has 0 saturated carbocycles. The van der Waals surface area contributed by atoms with Gasteiger partial charge < -0.3 is 34.0 Å². The molecular weight excluding hydrogens is 893 g/mol. The molecule has 0 spiro atoms. The molecule has 13 atom stereocenters. The number of carbonyl (C=O) groups is 2. The second kappa shape index (κ2) is 26.5. The zero-order valence-corrected chi connectivity index (χ0v) is 50.4. The molecule has 392 valence electrons. The lowest BCUT2D eigenvalue weighted by Crippen LogP contribution is -2.52. The van der Waals surface area contributed by atoms with Crippen molar-refractivity contribution in [2.45, 2.75) is 222 Å². The Morgan fingerprint density at radius 1 is 0.672 bits per heavy atom. The summed E-state index contributed by atoms with van der Waals surface area (Å²) in [5.74, 6) is -1.59. The summed E-state index contributed by atoms with van der Waals surface area (Å²) in [5.41, 5.74) is 6.88. The lowest BCUT2D eigenvalue weighted by molar-refractivity contribution is -0.177. The summed E-state index contributed by atoms with van der Waals surface area (Å²) in [4.78, 5) is 30.9. The molecule has 0 radical (unpaired) electrons. The number of aliphatic hydroxyl groups is 2. The Morgan fingerprint density at radius 2 is 1.10 bits per heavy atom. The number of ether oxygens (including phenoxy) is 1. The Bertz CT molecular complexity index is 1630. The van der Waals surface area contributed by atoms with Crippen molar-refractivity contribution in [3.05, 3.63) is 48.6 Å². The minimum absolute atomic E-state index is 0.00780. The Morgan fingerprint density at radius 3 is 1.52 bits per heavy atom. The predicted octanol–water partition coefficient (Wildman–Crippen LogP) is 12.8. The molecule has 0 aliphatic heterocycles. The average Bonchev–Trinajstić information content (AvgIpc) is 3.18. The molecule has 0 aliphatic carbocycles. The van der Waals surface area contributed by atoms with Crippen molar-refractivity contribution in [1.82, 2.24) is 5.06 Å². The van der Waals surface area contributed by atoms with Gasteiger partial charge in [-0.2, -0.15) is 0 Å². The first-order valence-electron chi connectivity index (χ1n) is 24.9. The lowest BCUT2D eigenvalue weighted by Gasteiger charge is -2.45. The highest BCUT2D eigenvalue weighted by atomic mass is 28.4. The van der Waals surface area contributed by atoms with Gasteiger partial charge in [-0.15, -0.1) is 0 Å². The number of primary amides is 1. The van der Waals surface area contributed by atoms with E-state index < -0.39 is 67.3 Å². The fraction of sp³-hybridized carbons (Fsp3) is 0.811. The third-order valence-electron chi connectivity index (χ3n) is 15.6. The Labute approximate surface area is 414 Å². The second-order valence-electron chi connectivity index (χ2n) is 24.6. The highest BCUT2D eigenvalue weighted by Crippen LogP contribution is 2.43. The van der Waals surface area contributed by atoms with Gasteiger partial charge in [-0.1, -0.05) is 159 Å². The molecule has 0 aromatic carbocycles. The van der Waals surface area contributed by atoms with E-state index in [2.05, 4.69) is 149 Å². The fourth-order valence-corrected chi connectivity index (χ4v) is 12.4. The van der Waals surface area contributed by atoms with E-state index >= 15 is 0 Å². The molecular formula is C53H104N2O9Si3. The van der Waals surface area contributed by atoms with E-state index in [4.69, 9.17) is 28.6 Å². The van der Waals surface area contributed by atoms with E-state index in [-0.39, 0.29) is 69.2 Å². The summed E-state index contributed by atoms with van der Waals surface area (Å²) in [6, 6.07) is 0. The summed E-state index contributed by atoms with van der Waals surface area (Å²) < 4.78 is 27.2. The maximum Gasteiger partial charge on any atom is 0.404 e. The first-order chi connectivity index (χ1) is 30.1. The van der Waals surface area contributed by atoms with Crippen LogP contribution in [0.3, 0.4) is 0 Å². The van der Waals surface area contributed by atoms with Gasteiger partial charge in [-0.25, -0.2) is 9.86 Å². The van der Waals surface area contributed by atoms with Gasteiger partial charge in [0.05, 0.1) is 43.5 Å². The van der Waals surface area contributed by atoms with E-state index in [1.807, 2.05) is 39.0 Å². The molecule has 0 aromatic rings. The first-order valence-corrected chi connectivity index (χ1v) is 33.6. The van der Waals surface area contributed by atoms with Crippen LogP contribution in [-0.2, 0) is 27.6 Å². The first kappa shape index (κ1) is 65.1. The standard InChI is InChI=1S/C53H104N2O9Si3/c1-27-28-29-36(3)46(61-50(54)59)41(8)47(63-66(23,24)52(13,14)15)39(6)33-35(2)32-38(5)45(62-65(21,22)51(10,11)12)37(4)30-31-43(56)34-44(57)40(7)48(42(9)49(58)55(19)60-20)64-67(25,26)53(16,17)18/h27-32,36-48,56-57H,1,33-34H2,2-26H3,(H2,54,59)/b29-28+,31-30+,35-32-/t36-,37-,38-,39-,40-,41+,42+,43+,44-,45-,46-,47+,48-/m0/s1. The van der Waals surface area contributed by atoms with Crippen LogP contribution in [0.4, 0.5) is 4.79 Å². The minimum Gasteiger partial charge on any atom is -0.445 e. The lowest BCUT2D eigenvalue weighted by atomic mass is 9.81. The van der Waals surface area contributed by atoms with E-state index in [0.29, 0.717) is 0 Å². The van der Waals surface area contributed by atoms with Gasteiger partial charge in [-0.05, 0) is 85.5 Å². The smallest absolute Gasteiger partial charge is 0.404 e. The normalized spacial score (nSPS) is 20.0. The van der Waals surface area contributed by atoms with Crippen molar-refractivity contribution >= 4 is 37.0 Å². The van der Waals surface area contributed by atoms with Crippen LogP contribution in [0.5, 0.6) is 0 Å². The molecule has 67 heavy (non-hydrogen) atoms. The average molecular weight is 998 g/mol. The third-order valence-corrected chi connectivity index (χ3v) is 29.0. The van der Waals surface area contributed by atoms with Crippen molar-refractivity contribution < 1.29 is 42.7 Å². The molecule has 0 unspecified atom stereocenters. The Hall–Kier alpha value is -1.89. The zero-order valence-electron chi connectivity index (χ0n) is 47.4. The number of hydrogen-bond donors (Lipinski definition) is 3. The largest absolute Gasteiger partial charge is 0.445 e. The SMILES string of the molecule is C=C/C=C/[C@H](C)[C@H](OC(N)=O)[C@@H](C)[C@H](O[Si](C)(C)C(C)(C)C)[C@@H](C)C/C(C)=C\[C@H](C)[C@@H](O[Si](C)(C)C(C)(C)C)[C@@H](C)/C=C/[C@@H](O)C[C@H](O)[C@H](C)[C@H](O[Si](C)(C)C(C)(C)C)[C@@H](C)C(=O)N(C)OC. The van der Waals surface area contributed by atoms with E-state index in [9.17, 15) is 19.8 Å². The van der Waals surface area contributed by atoms with Gasteiger partial charge in [0.15, 0.2) is 25.0 Å². The van der Waals surface area contributed by atoms with Crippen molar-refractivity contribution in [2.24, 2.45) is 47.2 Å². The Balaban J connectivity index is 6.94. The predicted molar refractivity (Wildman–Crippen MR) is 288 cm³/mol. The molecule has 0 rings (SSSR count). The van der Waals surface area contributed by atoms with Crippen LogP contribution in [0.2, 0.25) is 54.4 Å². The molecule has 0 saturated heterocycles. The molecule has 0 fully saturated rings. The topological polar surface area (TPSA) is 150 Å². The van der Waals surface area contributed by atoms with Crippen LogP contribution >= 0.6 is 0 Å². The molecule has 4 N–H and O–H groups in total. The van der Waals surface area contributed by atoms with Crippen LogP contribution in [-0.4, -0.2) is 103 Å². The van der Waals surface area contributed by atoms with Crippen LogP contribution in [0, 0.1) is 41.4 Å². The highest BCUT2D eigenvalue weighted by Gasteiger charge is 2.46. The summed E-state index contributed by atoms with van der Waals surface area (Å²) >= 11 is 0. The van der Waals surface area contributed by atoms with Crippen molar-refractivity contribution in [3.8, 4) is 0 Å². The van der Waals surface area contributed by atoms with E-state index in [1.54, 1.807) is 19.2 Å². The number of nitrogens with zero attached hydrogens (tertiary/aromatic N) is 1. The molecule has 0 heterocycles. The summed E-state index contributed by atoms with van der Waals surface area (Å²) in [6.07, 6.45) is 8.33. The number of allylic oxidation sites excluding steroid dienone is 3. The fourth-order valence-electron chi connectivity index (χ4n) is 7.95. The number of aliphatic hydroxyl groups excluding tert-OH is 2. The molecule has 14 heteroatoms. The molecule has 0 aliphatic rings. The maximum absolute atomic E-state index is 13.4. The van der Waals surface area contributed by atoms with Gasteiger partial charge in [0.2, 0.25) is 0 Å². The number of hydroxylamine groups is 2. The van der Waals surface area contributed by atoms with E-state index in [1.165, 1.54) is 17.7 Å². The van der Waals surface area contributed by atoms with E-state index in [0.717, 1.165) is 6.42 Å². The molecule has 11 nitrogen and oxygen atoms in total. The highest BCUT2D eigenvalue weighted by molar-refractivity contribution is 6.75. The summed E-state index contributed by atoms with van der Waals surface area (Å²) in [5, 5.41) is 24.2. The van der Waals surface area contributed by atoms with Gasteiger partial charge in [0, 0.05) is 31.2 Å². The van der Waals surface area contributed by atoms with Gasteiger partial charge in [-0.3, -0.25) is 9.63 Å². The van der Waals surface area contributed by atoms with Crippen molar-refractivity contribution in [3.63, 3.8) is 0 Å². The van der Waals surface area contributed by atoms with Crippen LogP contribution < -0.4 is 5.73 Å².